The Hall–Kier alpha value is -0.610. The molecule has 1 saturated heterocycles. The van der Waals surface area contributed by atoms with Crippen LogP contribution < -0.4 is 10.6 Å². The lowest BCUT2D eigenvalue weighted by molar-refractivity contribution is -0.123. The molecule has 2 saturated carbocycles. The lowest BCUT2D eigenvalue weighted by atomic mass is 9.92. The van der Waals surface area contributed by atoms with E-state index in [1.54, 1.807) is 0 Å². The van der Waals surface area contributed by atoms with Gasteiger partial charge < -0.3 is 15.5 Å². The molecule has 3 aliphatic rings. The summed E-state index contributed by atoms with van der Waals surface area (Å²) in [6.07, 6.45) is 6.17. The number of nitrogens with one attached hydrogen (secondary N) is 2. The number of rotatable bonds is 5. The third kappa shape index (κ3) is 2.54. The molecular formula is C14H25N3O. The van der Waals surface area contributed by atoms with Crippen molar-refractivity contribution >= 4 is 5.91 Å². The van der Waals surface area contributed by atoms with Crippen molar-refractivity contribution in [3.63, 3.8) is 0 Å². The fourth-order valence-corrected chi connectivity index (χ4v) is 3.37. The van der Waals surface area contributed by atoms with Crippen LogP contribution in [0.4, 0.5) is 0 Å². The Kier molecular flexibility index (Phi) is 3.32. The summed E-state index contributed by atoms with van der Waals surface area (Å²) in [6, 6.07) is 0.790. The summed E-state index contributed by atoms with van der Waals surface area (Å²) < 4.78 is 0. The summed E-state index contributed by atoms with van der Waals surface area (Å²) in [4.78, 5) is 14.5. The maximum atomic E-state index is 12.1. The second-order valence-corrected chi connectivity index (χ2v) is 6.37. The molecule has 0 aromatic rings. The standard InChI is InChI=1S/C14H25N3O/c1-17(11-2-3-11)9-8-16-13(18)12-10-14(12)4-6-15-7-5-14/h11-12,15H,2-10H2,1H3,(H,16,18). The van der Waals surface area contributed by atoms with Crippen LogP contribution in [0.25, 0.3) is 0 Å². The lowest BCUT2D eigenvalue weighted by Crippen LogP contribution is -2.37. The molecule has 1 amide bonds. The molecule has 1 spiro atoms. The van der Waals surface area contributed by atoms with E-state index in [1.165, 1.54) is 25.7 Å². The van der Waals surface area contributed by atoms with Gasteiger partial charge in [0.1, 0.15) is 0 Å². The molecule has 4 nitrogen and oxygen atoms in total. The normalized spacial score (nSPS) is 29.6. The van der Waals surface area contributed by atoms with Gasteiger partial charge in [0, 0.05) is 25.0 Å². The molecule has 0 radical (unpaired) electrons. The van der Waals surface area contributed by atoms with Crippen molar-refractivity contribution in [3.05, 3.63) is 0 Å². The molecule has 0 bridgehead atoms. The van der Waals surface area contributed by atoms with Crippen molar-refractivity contribution in [2.45, 2.75) is 38.1 Å². The largest absolute Gasteiger partial charge is 0.355 e. The van der Waals surface area contributed by atoms with Gasteiger partial charge >= 0.3 is 0 Å². The van der Waals surface area contributed by atoms with Gasteiger partial charge in [0.05, 0.1) is 0 Å². The van der Waals surface area contributed by atoms with Gasteiger partial charge in [0.15, 0.2) is 0 Å². The van der Waals surface area contributed by atoms with Crippen molar-refractivity contribution < 1.29 is 4.79 Å². The van der Waals surface area contributed by atoms with Crippen LogP contribution >= 0.6 is 0 Å². The summed E-state index contributed by atoms with van der Waals surface area (Å²) in [5.74, 6) is 0.618. The summed E-state index contributed by atoms with van der Waals surface area (Å²) in [6.45, 7) is 4.00. The molecule has 102 valence electrons. The molecule has 18 heavy (non-hydrogen) atoms. The predicted molar refractivity (Wildman–Crippen MR) is 71.3 cm³/mol. The van der Waals surface area contributed by atoms with E-state index in [0.29, 0.717) is 17.2 Å². The zero-order valence-corrected chi connectivity index (χ0v) is 11.4. The number of piperidine rings is 1. The van der Waals surface area contributed by atoms with Crippen LogP contribution in [0, 0.1) is 11.3 Å². The first-order valence-electron chi connectivity index (χ1n) is 7.40. The molecule has 1 unspecified atom stereocenters. The Balaban J connectivity index is 1.37. The highest BCUT2D eigenvalue weighted by atomic mass is 16.2. The summed E-state index contributed by atoms with van der Waals surface area (Å²) in [7, 11) is 2.16. The van der Waals surface area contributed by atoms with Crippen LogP contribution in [0.2, 0.25) is 0 Å². The van der Waals surface area contributed by atoms with Crippen LogP contribution in [0.1, 0.15) is 32.1 Å². The molecule has 1 atom stereocenters. The Labute approximate surface area is 109 Å². The quantitative estimate of drug-likeness (QED) is 0.751. The van der Waals surface area contributed by atoms with Gasteiger partial charge in [-0.2, -0.15) is 0 Å². The Bertz CT molecular complexity index is 321. The summed E-state index contributed by atoms with van der Waals surface area (Å²) in [5, 5.41) is 6.51. The molecule has 0 aromatic heterocycles. The number of nitrogens with zero attached hydrogens (tertiary/aromatic N) is 1. The molecule has 3 rings (SSSR count). The van der Waals surface area contributed by atoms with Crippen LogP contribution in [0.15, 0.2) is 0 Å². The number of likely N-dealkylation sites (N-methyl/N-ethyl adjacent to an activating group) is 1. The maximum absolute atomic E-state index is 12.1. The topological polar surface area (TPSA) is 44.4 Å². The van der Waals surface area contributed by atoms with Crippen molar-refractivity contribution in [1.82, 2.24) is 15.5 Å². The second kappa shape index (κ2) is 4.82. The molecule has 1 aliphatic heterocycles. The summed E-state index contributed by atoms with van der Waals surface area (Å²) >= 11 is 0. The Morgan fingerprint density at radius 2 is 2.11 bits per heavy atom. The van der Waals surface area contributed by atoms with Gasteiger partial charge in [-0.1, -0.05) is 0 Å². The second-order valence-electron chi connectivity index (χ2n) is 6.37. The Morgan fingerprint density at radius 1 is 1.39 bits per heavy atom. The molecule has 0 aromatic carbocycles. The fourth-order valence-electron chi connectivity index (χ4n) is 3.37. The van der Waals surface area contributed by atoms with E-state index in [2.05, 4.69) is 22.6 Å². The van der Waals surface area contributed by atoms with E-state index in [-0.39, 0.29) is 0 Å². The van der Waals surface area contributed by atoms with Gasteiger partial charge in [-0.15, -0.1) is 0 Å². The minimum Gasteiger partial charge on any atom is -0.355 e. The van der Waals surface area contributed by atoms with E-state index in [4.69, 9.17) is 0 Å². The van der Waals surface area contributed by atoms with E-state index < -0.39 is 0 Å². The van der Waals surface area contributed by atoms with Gasteiger partial charge in [-0.3, -0.25) is 4.79 Å². The van der Waals surface area contributed by atoms with Crippen LogP contribution in [0.3, 0.4) is 0 Å². The molecular weight excluding hydrogens is 226 g/mol. The number of carbonyl (C=O) groups excluding carboxylic acids is 1. The van der Waals surface area contributed by atoms with Gasteiger partial charge in [0.2, 0.25) is 5.91 Å². The highest BCUT2D eigenvalue weighted by molar-refractivity contribution is 5.82. The van der Waals surface area contributed by atoms with Crippen LogP contribution in [-0.2, 0) is 4.79 Å². The monoisotopic (exact) mass is 251 g/mol. The zero-order chi connectivity index (χ0) is 12.6. The minimum absolute atomic E-state index is 0.307. The van der Waals surface area contributed by atoms with E-state index in [9.17, 15) is 4.79 Å². The van der Waals surface area contributed by atoms with Crippen molar-refractivity contribution in [2.75, 3.05) is 33.2 Å². The first-order chi connectivity index (χ1) is 8.71. The average molecular weight is 251 g/mol. The van der Waals surface area contributed by atoms with E-state index in [1.807, 2.05) is 0 Å². The number of hydrogen-bond donors (Lipinski definition) is 2. The highest BCUT2D eigenvalue weighted by Gasteiger charge is 2.57. The van der Waals surface area contributed by atoms with E-state index in [0.717, 1.165) is 38.6 Å². The molecule has 2 aliphatic carbocycles. The minimum atomic E-state index is 0.307. The number of carbonyl (C=O) groups is 1. The van der Waals surface area contributed by atoms with Crippen LogP contribution in [0.5, 0.6) is 0 Å². The number of hydrogen-bond acceptors (Lipinski definition) is 3. The molecule has 4 heteroatoms. The van der Waals surface area contributed by atoms with Gasteiger partial charge in [-0.05, 0) is 57.7 Å². The smallest absolute Gasteiger partial charge is 0.223 e. The third-order valence-corrected chi connectivity index (χ3v) is 5.04. The predicted octanol–water partition coefficient (Wildman–Crippen LogP) is 0.587. The zero-order valence-electron chi connectivity index (χ0n) is 11.4. The molecule has 3 fully saturated rings. The fraction of sp³-hybridized carbons (Fsp3) is 0.929. The lowest BCUT2D eigenvalue weighted by Gasteiger charge is -2.23. The Morgan fingerprint density at radius 3 is 2.78 bits per heavy atom. The molecule has 1 heterocycles. The van der Waals surface area contributed by atoms with Crippen LogP contribution in [-0.4, -0.2) is 50.1 Å². The molecule has 2 N–H and O–H groups in total. The summed E-state index contributed by atoms with van der Waals surface area (Å²) in [5.41, 5.74) is 0.373. The maximum Gasteiger partial charge on any atom is 0.223 e. The first-order valence-corrected chi connectivity index (χ1v) is 7.40. The SMILES string of the molecule is CN(CCNC(=O)C1CC12CCNCC2)C1CC1. The van der Waals surface area contributed by atoms with E-state index >= 15 is 0 Å². The third-order valence-electron chi connectivity index (χ3n) is 5.04. The number of amides is 1. The average Bonchev–Trinajstić information content (AvgIpc) is 3.25. The van der Waals surface area contributed by atoms with Crippen molar-refractivity contribution in [3.8, 4) is 0 Å². The van der Waals surface area contributed by atoms with Gasteiger partial charge in [-0.25, -0.2) is 0 Å². The first kappa shape index (κ1) is 12.4. The highest BCUT2D eigenvalue weighted by Crippen LogP contribution is 2.58. The van der Waals surface area contributed by atoms with Crippen molar-refractivity contribution in [1.29, 1.82) is 0 Å². The van der Waals surface area contributed by atoms with Crippen molar-refractivity contribution in [2.24, 2.45) is 11.3 Å². The van der Waals surface area contributed by atoms with Gasteiger partial charge in [0.25, 0.3) is 0 Å².